The third-order valence-electron chi connectivity index (χ3n) is 5.32. The number of nitrogens with zero attached hydrogens (tertiary/aromatic N) is 1. The molecule has 2 aromatic carbocycles. The Kier molecular flexibility index (Phi) is 5.20. The summed E-state index contributed by atoms with van der Waals surface area (Å²) in [6, 6.07) is 18.3. The largest absolute Gasteiger partial charge is 0.383 e. The fraction of sp³-hybridized carbons (Fsp3) is 0.391. The molecule has 1 aliphatic rings. The van der Waals surface area contributed by atoms with Gasteiger partial charge in [0.2, 0.25) is 0 Å². The molecule has 4 heteroatoms. The van der Waals surface area contributed by atoms with Crippen molar-refractivity contribution in [2.45, 2.75) is 45.9 Å². The zero-order valence-corrected chi connectivity index (χ0v) is 16.3. The van der Waals surface area contributed by atoms with Crippen molar-refractivity contribution in [1.29, 1.82) is 0 Å². The van der Waals surface area contributed by atoms with Gasteiger partial charge in [0, 0.05) is 11.3 Å². The van der Waals surface area contributed by atoms with Crippen LogP contribution < -0.4 is 0 Å². The molecule has 3 rings (SSSR count). The maximum absolute atomic E-state index is 13.2. The Morgan fingerprint density at radius 3 is 1.81 bits per heavy atom. The molecule has 0 saturated carbocycles. The number of aliphatic hydroxyl groups is 1. The smallest absolute Gasteiger partial charge is 0.253 e. The minimum atomic E-state index is -1.17. The maximum Gasteiger partial charge on any atom is 0.253 e. The molecule has 142 valence electrons. The number of hydrogen-bond acceptors (Lipinski definition) is 3. The lowest BCUT2D eigenvalue weighted by Crippen LogP contribution is -2.47. The van der Waals surface area contributed by atoms with E-state index >= 15 is 0 Å². The van der Waals surface area contributed by atoms with E-state index in [-0.39, 0.29) is 11.7 Å². The Morgan fingerprint density at radius 1 is 0.963 bits per heavy atom. The Balaban J connectivity index is 2.16. The number of carbonyl (C=O) groups is 2. The van der Waals surface area contributed by atoms with Crippen molar-refractivity contribution in [3.8, 4) is 0 Å². The molecule has 0 bridgehead atoms. The summed E-state index contributed by atoms with van der Waals surface area (Å²) in [6.45, 7) is 7.35. The molecule has 0 aliphatic carbocycles. The summed E-state index contributed by atoms with van der Waals surface area (Å²) in [4.78, 5) is 27.9. The van der Waals surface area contributed by atoms with Crippen LogP contribution in [0.2, 0.25) is 0 Å². The van der Waals surface area contributed by atoms with E-state index in [1.165, 1.54) is 0 Å². The molecule has 2 aromatic rings. The lowest BCUT2D eigenvalue weighted by Gasteiger charge is -2.36. The number of rotatable bonds is 4. The third kappa shape index (κ3) is 3.54. The summed E-state index contributed by atoms with van der Waals surface area (Å²) < 4.78 is 0. The van der Waals surface area contributed by atoms with Crippen LogP contribution in [0.3, 0.4) is 0 Å². The second-order valence-electron chi connectivity index (χ2n) is 8.33. The van der Waals surface area contributed by atoms with Crippen molar-refractivity contribution in [1.82, 2.24) is 4.90 Å². The topological polar surface area (TPSA) is 57.6 Å². The Labute approximate surface area is 160 Å². The monoisotopic (exact) mass is 365 g/mol. The molecule has 0 radical (unpaired) electrons. The van der Waals surface area contributed by atoms with Gasteiger partial charge in [-0.15, -0.1) is 0 Å². The Hall–Kier alpha value is -2.46. The van der Waals surface area contributed by atoms with Gasteiger partial charge in [-0.2, -0.15) is 0 Å². The third-order valence-corrected chi connectivity index (χ3v) is 5.32. The average Bonchev–Trinajstić information content (AvgIpc) is 2.87. The standard InChI is InChI=1S/C23H27NO3/c1-15-18(21(26)23(2,3)4)24(22(27)20(15)25)19(16-11-7-5-8-12-16)17-13-9-6-10-14-17/h5-15,18-20,25H,1-4H3/t15-,18?,20-/m1/s1. The zero-order valence-electron chi connectivity index (χ0n) is 16.3. The number of amides is 1. The van der Waals surface area contributed by atoms with Crippen LogP contribution in [0.1, 0.15) is 44.9 Å². The molecule has 3 atom stereocenters. The predicted octanol–water partition coefficient (Wildman–Crippen LogP) is 3.60. The quantitative estimate of drug-likeness (QED) is 0.901. The molecular formula is C23H27NO3. The Morgan fingerprint density at radius 2 is 1.41 bits per heavy atom. The normalized spacial score (nSPS) is 23.1. The van der Waals surface area contributed by atoms with Crippen molar-refractivity contribution in [3.05, 3.63) is 71.8 Å². The summed E-state index contributed by atoms with van der Waals surface area (Å²) in [5, 5.41) is 10.5. The number of hydrogen-bond donors (Lipinski definition) is 1. The average molecular weight is 365 g/mol. The summed E-state index contributed by atoms with van der Waals surface area (Å²) in [5.74, 6) is -0.876. The van der Waals surface area contributed by atoms with Crippen molar-refractivity contribution in [3.63, 3.8) is 0 Å². The number of benzene rings is 2. The van der Waals surface area contributed by atoms with Gasteiger partial charge in [0.15, 0.2) is 5.78 Å². The van der Waals surface area contributed by atoms with E-state index < -0.39 is 29.5 Å². The van der Waals surface area contributed by atoms with E-state index in [9.17, 15) is 14.7 Å². The number of carbonyl (C=O) groups excluding carboxylic acids is 2. The lowest BCUT2D eigenvalue weighted by molar-refractivity contribution is -0.142. The van der Waals surface area contributed by atoms with Crippen LogP contribution in [-0.4, -0.2) is 33.8 Å². The first-order valence-electron chi connectivity index (χ1n) is 9.38. The first-order chi connectivity index (χ1) is 12.7. The fourth-order valence-corrected chi connectivity index (χ4v) is 3.82. The number of likely N-dealkylation sites (tertiary alicyclic amines) is 1. The summed E-state index contributed by atoms with van der Waals surface area (Å²) in [7, 11) is 0. The van der Waals surface area contributed by atoms with E-state index in [2.05, 4.69) is 0 Å². The van der Waals surface area contributed by atoms with Gasteiger partial charge in [0.25, 0.3) is 5.91 Å². The van der Waals surface area contributed by atoms with Crippen molar-refractivity contribution >= 4 is 11.7 Å². The number of ketones is 1. The highest BCUT2D eigenvalue weighted by Gasteiger charge is 2.53. The minimum Gasteiger partial charge on any atom is -0.383 e. The highest BCUT2D eigenvalue weighted by molar-refractivity contribution is 5.97. The molecule has 1 fully saturated rings. The molecule has 0 aromatic heterocycles. The SMILES string of the molecule is C[C@@H]1C(C(=O)C(C)(C)C)N(C(c2ccccc2)c2ccccc2)C(=O)[C@@H]1O. The van der Waals surface area contributed by atoms with E-state index in [1.54, 1.807) is 11.8 Å². The van der Waals surface area contributed by atoms with Crippen molar-refractivity contribution in [2.75, 3.05) is 0 Å². The highest BCUT2D eigenvalue weighted by Crippen LogP contribution is 2.40. The Bertz CT molecular complexity index is 771. The summed E-state index contributed by atoms with van der Waals surface area (Å²) in [6.07, 6.45) is -1.17. The molecule has 1 heterocycles. The molecule has 1 unspecified atom stereocenters. The van der Waals surface area contributed by atoms with Crippen LogP contribution >= 0.6 is 0 Å². The molecule has 0 spiro atoms. The molecule has 4 nitrogen and oxygen atoms in total. The molecule has 1 N–H and O–H groups in total. The van der Waals surface area contributed by atoms with Crippen LogP contribution in [0.4, 0.5) is 0 Å². The van der Waals surface area contributed by atoms with E-state index in [4.69, 9.17) is 0 Å². The maximum atomic E-state index is 13.2. The first kappa shape index (κ1) is 19.3. The molecule has 1 aliphatic heterocycles. The fourth-order valence-electron chi connectivity index (χ4n) is 3.82. The lowest BCUT2D eigenvalue weighted by atomic mass is 9.81. The van der Waals surface area contributed by atoms with E-state index in [0.717, 1.165) is 11.1 Å². The number of Topliss-reactive ketones (excluding diaryl/α,β-unsaturated/α-hetero) is 1. The highest BCUT2D eigenvalue weighted by atomic mass is 16.3. The molecular weight excluding hydrogens is 338 g/mol. The van der Waals surface area contributed by atoms with Gasteiger partial charge in [-0.25, -0.2) is 0 Å². The second kappa shape index (κ2) is 7.28. The minimum absolute atomic E-state index is 0.0308. The number of aliphatic hydroxyl groups excluding tert-OH is 1. The van der Waals surface area contributed by atoms with Crippen molar-refractivity contribution in [2.24, 2.45) is 11.3 Å². The van der Waals surface area contributed by atoms with Gasteiger partial charge in [0.1, 0.15) is 6.10 Å². The van der Waals surface area contributed by atoms with Crippen LogP contribution in [0.5, 0.6) is 0 Å². The van der Waals surface area contributed by atoms with Crippen LogP contribution in [0.15, 0.2) is 60.7 Å². The van der Waals surface area contributed by atoms with E-state index in [1.807, 2.05) is 81.4 Å². The van der Waals surface area contributed by atoms with Crippen LogP contribution in [0, 0.1) is 11.3 Å². The second-order valence-corrected chi connectivity index (χ2v) is 8.33. The van der Waals surface area contributed by atoms with Gasteiger partial charge in [0.05, 0.1) is 12.1 Å². The van der Waals surface area contributed by atoms with Gasteiger partial charge in [-0.05, 0) is 11.1 Å². The van der Waals surface area contributed by atoms with Crippen LogP contribution in [-0.2, 0) is 9.59 Å². The van der Waals surface area contributed by atoms with E-state index in [0.29, 0.717) is 0 Å². The van der Waals surface area contributed by atoms with Gasteiger partial charge in [-0.1, -0.05) is 88.4 Å². The van der Waals surface area contributed by atoms with Gasteiger partial charge >= 0.3 is 0 Å². The van der Waals surface area contributed by atoms with Gasteiger partial charge in [-0.3, -0.25) is 9.59 Å². The summed E-state index contributed by atoms with van der Waals surface area (Å²) in [5.41, 5.74) is 1.23. The van der Waals surface area contributed by atoms with Gasteiger partial charge < -0.3 is 10.0 Å². The van der Waals surface area contributed by atoms with Crippen LogP contribution in [0.25, 0.3) is 0 Å². The molecule has 27 heavy (non-hydrogen) atoms. The predicted molar refractivity (Wildman–Crippen MR) is 105 cm³/mol. The molecule has 1 saturated heterocycles. The van der Waals surface area contributed by atoms with Crippen molar-refractivity contribution < 1.29 is 14.7 Å². The first-order valence-corrected chi connectivity index (χ1v) is 9.38. The molecule has 1 amide bonds. The summed E-state index contributed by atoms with van der Waals surface area (Å²) >= 11 is 0. The zero-order chi connectivity index (χ0) is 19.8.